The molecule has 1 atom stereocenters. The van der Waals surface area contributed by atoms with Crippen molar-refractivity contribution in [2.45, 2.75) is 6.29 Å². The zero-order valence-electron chi connectivity index (χ0n) is 10.3. The lowest BCUT2D eigenvalue weighted by molar-refractivity contribution is -0.0225. The van der Waals surface area contributed by atoms with Crippen molar-refractivity contribution in [1.82, 2.24) is 0 Å². The van der Waals surface area contributed by atoms with Gasteiger partial charge in [0.05, 0.1) is 0 Å². The highest BCUT2D eigenvalue weighted by molar-refractivity contribution is 5.98. The molecule has 0 aliphatic rings. The number of benzene rings is 2. The largest absolute Gasteiger partial charge is 0.487 e. The summed E-state index contributed by atoms with van der Waals surface area (Å²) in [4.78, 5) is 0. The zero-order valence-corrected chi connectivity index (χ0v) is 12.3. The van der Waals surface area contributed by atoms with E-state index >= 15 is 0 Å². The molecule has 2 aromatic rings. The smallest absolute Gasteiger partial charge is 0.224 e. The first-order chi connectivity index (χ1) is 8.88. The Balaban J connectivity index is 1.86. The van der Waals surface area contributed by atoms with E-state index in [-0.39, 0.29) is 6.29 Å². The fourth-order valence-electron chi connectivity index (χ4n) is 1.48. The minimum absolute atomic E-state index is 0.362. The van der Waals surface area contributed by atoms with Gasteiger partial charge in [-0.3, -0.25) is 0 Å². The molecule has 3 nitrogen and oxygen atoms in total. The van der Waals surface area contributed by atoms with Gasteiger partial charge in [0.25, 0.3) is 0 Å². The monoisotopic (exact) mass is 260 g/mol. The van der Waals surface area contributed by atoms with Crippen molar-refractivity contribution >= 4 is 10.5 Å². The SMILES string of the molecule is [SiH3]OC(COc1ccccc1)Oc1ccccc1. The number of ether oxygens (including phenoxy) is 2. The van der Waals surface area contributed by atoms with E-state index in [1.165, 1.54) is 0 Å². The normalized spacial score (nSPS) is 12.0. The summed E-state index contributed by atoms with van der Waals surface area (Å²) in [6.45, 7) is 0.377. The van der Waals surface area contributed by atoms with Gasteiger partial charge in [0.15, 0.2) is 10.5 Å². The minimum atomic E-state index is -0.362. The molecule has 0 bridgehead atoms. The van der Waals surface area contributed by atoms with Crippen LogP contribution in [0, 0.1) is 0 Å². The number of para-hydroxylation sites is 2. The molecule has 0 fully saturated rings. The number of rotatable bonds is 6. The van der Waals surface area contributed by atoms with Crippen LogP contribution in [0.2, 0.25) is 0 Å². The van der Waals surface area contributed by atoms with E-state index in [1.54, 1.807) is 0 Å². The van der Waals surface area contributed by atoms with Gasteiger partial charge in [-0.05, 0) is 24.3 Å². The molecule has 94 valence electrons. The van der Waals surface area contributed by atoms with E-state index < -0.39 is 0 Å². The summed E-state index contributed by atoms with van der Waals surface area (Å²) >= 11 is 0. The van der Waals surface area contributed by atoms with E-state index in [0.29, 0.717) is 17.1 Å². The zero-order chi connectivity index (χ0) is 12.6. The average Bonchev–Trinajstić information content (AvgIpc) is 2.45. The molecule has 2 rings (SSSR count). The summed E-state index contributed by atoms with van der Waals surface area (Å²) in [5.41, 5.74) is 0. The van der Waals surface area contributed by atoms with Crippen LogP contribution in [0.5, 0.6) is 11.5 Å². The Hall–Kier alpha value is -1.78. The second-order valence-corrected chi connectivity index (χ2v) is 4.19. The van der Waals surface area contributed by atoms with Crippen molar-refractivity contribution in [3.8, 4) is 11.5 Å². The third-order valence-electron chi connectivity index (χ3n) is 2.40. The predicted molar refractivity (Wildman–Crippen MR) is 73.8 cm³/mol. The average molecular weight is 260 g/mol. The highest BCUT2D eigenvalue weighted by atomic mass is 28.2. The summed E-state index contributed by atoms with van der Waals surface area (Å²) in [6.07, 6.45) is -0.362. The lowest BCUT2D eigenvalue weighted by atomic mass is 10.3. The van der Waals surface area contributed by atoms with Crippen LogP contribution in [0.4, 0.5) is 0 Å². The Morgan fingerprint density at radius 3 is 1.94 bits per heavy atom. The molecule has 2 aromatic carbocycles. The van der Waals surface area contributed by atoms with Crippen LogP contribution in [0.1, 0.15) is 0 Å². The molecule has 0 radical (unpaired) electrons. The second kappa shape index (κ2) is 6.83. The molecule has 18 heavy (non-hydrogen) atoms. The quantitative estimate of drug-likeness (QED) is 0.585. The molecule has 0 saturated heterocycles. The van der Waals surface area contributed by atoms with Gasteiger partial charge in [0, 0.05) is 0 Å². The minimum Gasteiger partial charge on any atom is -0.487 e. The van der Waals surface area contributed by atoms with E-state index in [9.17, 15) is 0 Å². The van der Waals surface area contributed by atoms with Crippen molar-refractivity contribution in [2.24, 2.45) is 0 Å². The van der Waals surface area contributed by atoms with Gasteiger partial charge in [-0.15, -0.1) is 0 Å². The van der Waals surface area contributed by atoms with Gasteiger partial charge < -0.3 is 13.9 Å². The van der Waals surface area contributed by atoms with Gasteiger partial charge in [0.2, 0.25) is 6.29 Å². The molecule has 0 aliphatic heterocycles. The molecule has 0 spiro atoms. The third kappa shape index (κ3) is 3.91. The molecule has 0 aromatic heterocycles. The van der Waals surface area contributed by atoms with Crippen LogP contribution in [0.3, 0.4) is 0 Å². The van der Waals surface area contributed by atoms with Crippen molar-refractivity contribution in [3.63, 3.8) is 0 Å². The maximum Gasteiger partial charge on any atom is 0.224 e. The molecule has 0 aliphatic carbocycles. The van der Waals surface area contributed by atoms with Crippen LogP contribution in [-0.2, 0) is 4.43 Å². The standard InChI is InChI=1S/C14H16O3Si/c18-17-14(16-13-9-5-2-6-10-13)11-15-12-7-3-1-4-8-12/h1-10,14H,11H2,18H3. The Morgan fingerprint density at radius 2 is 1.39 bits per heavy atom. The van der Waals surface area contributed by atoms with Gasteiger partial charge in [-0.2, -0.15) is 0 Å². The topological polar surface area (TPSA) is 27.7 Å². The van der Waals surface area contributed by atoms with E-state index in [0.717, 1.165) is 11.5 Å². The molecular weight excluding hydrogens is 244 g/mol. The van der Waals surface area contributed by atoms with Crippen LogP contribution in [0.25, 0.3) is 0 Å². The highest BCUT2D eigenvalue weighted by Crippen LogP contribution is 2.13. The van der Waals surface area contributed by atoms with Crippen molar-refractivity contribution in [2.75, 3.05) is 6.61 Å². The van der Waals surface area contributed by atoms with Crippen LogP contribution in [0.15, 0.2) is 60.7 Å². The lowest BCUT2D eigenvalue weighted by Crippen LogP contribution is -2.27. The molecule has 0 heterocycles. The Morgan fingerprint density at radius 1 is 0.833 bits per heavy atom. The molecule has 0 amide bonds. The fraction of sp³-hybridized carbons (Fsp3) is 0.143. The Kier molecular flexibility index (Phi) is 4.81. The summed E-state index contributed by atoms with van der Waals surface area (Å²) in [7, 11) is 0.605. The summed E-state index contributed by atoms with van der Waals surface area (Å²) in [6, 6.07) is 19.2. The molecule has 0 N–H and O–H groups in total. The summed E-state index contributed by atoms with van der Waals surface area (Å²) in [5.74, 6) is 1.60. The van der Waals surface area contributed by atoms with E-state index in [4.69, 9.17) is 13.9 Å². The van der Waals surface area contributed by atoms with Gasteiger partial charge in [-0.1, -0.05) is 36.4 Å². The Labute approximate surface area is 110 Å². The first kappa shape index (κ1) is 12.7. The fourth-order valence-corrected chi connectivity index (χ4v) is 1.71. The van der Waals surface area contributed by atoms with Crippen LogP contribution in [-0.4, -0.2) is 23.4 Å². The van der Waals surface area contributed by atoms with Crippen molar-refractivity contribution in [1.29, 1.82) is 0 Å². The van der Waals surface area contributed by atoms with Crippen LogP contribution < -0.4 is 9.47 Å². The first-order valence-electron chi connectivity index (χ1n) is 5.81. The summed E-state index contributed by atoms with van der Waals surface area (Å²) in [5, 5.41) is 0. The molecule has 0 saturated carbocycles. The number of hydrogen-bond acceptors (Lipinski definition) is 3. The lowest BCUT2D eigenvalue weighted by Gasteiger charge is -2.18. The van der Waals surface area contributed by atoms with Gasteiger partial charge in [0.1, 0.15) is 18.1 Å². The highest BCUT2D eigenvalue weighted by Gasteiger charge is 2.09. The maximum atomic E-state index is 5.67. The molecule has 4 heteroatoms. The Bertz CT molecular complexity index is 447. The maximum absolute atomic E-state index is 5.67. The second-order valence-electron chi connectivity index (χ2n) is 3.72. The van der Waals surface area contributed by atoms with Gasteiger partial charge in [-0.25, -0.2) is 0 Å². The van der Waals surface area contributed by atoms with Gasteiger partial charge >= 0.3 is 0 Å². The van der Waals surface area contributed by atoms with Crippen molar-refractivity contribution < 1.29 is 13.9 Å². The van der Waals surface area contributed by atoms with E-state index in [1.807, 2.05) is 60.7 Å². The third-order valence-corrected chi connectivity index (χ3v) is 2.93. The van der Waals surface area contributed by atoms with Crippen molar-refractivity contribution in [3.05, 3.63) is 60.7 Å². The van der Waals surface area contributed by atoms with Crippen LogP contribution >= 0.6 is 0 Å². The molecule has 1 unspecified atom stereocenters. The predicted octanol–water partition coefficient (Wildman–Crippen LogP) is 1.77. The number of hydrogen-bond donors (Lipinski definition) is 0. The van der Waals surface area contributed by atoms with E-state index in [2.05, 4.69) is 0 Å². The first-order valence-corrected chi connectivity index (χ1v) is 6.62. The molecular formula is C14H16O3Si. The summed E-state index contributed by atoms with van der Waals surface area (Å²) < 4.78 is 16.6.